The van der Waals surface area contributed by atoms with Gasteiger partial charge in [-0.2, -0.15) is 0 Å². The van der Waals surface area contributed by atoms with E-state index in [0.717, 1.165) is 27.5 Å². The number of rotatable bonds is 1. The molecule has 0 saturated heterocycles. The Balaban J connectivity index is 1.97. The molecule has 0 fully saturated rings. The maximum Gasteiger partial charge on any atom is 0.0651 e. The third kappa shape index (κ3) is 1.80. The lowest BCUT2D eigenvalue weighted by Crippen LogP contribution is -1.93. The number of para-hydroxylation sites is 2. The lowest BCUT2D eigenvalue weighted by molar-refractivity contribution is 1.19. The van der Waals surface area contributed by atoms with Gasteiger partial charge in [0.1, 0.15) is 0 Å². The first kappa shape index (κ1) is 11.5. The zero-order valence-electron chi connectivity index (χ0n) is 13.5. The minimum absolute atomic E-state index is 0.569. The van der Waals surface area contributed by atoms with Crippen molar-refractivity contribution >= 4 is 32.6 Å². The standard InChI is InChI=1S/C22H15N/c1-2-8-17-15-18(14-13-16(17)7-1)23-21-11-5-3-9-19(21)20-10-4-6-12-22(20)23/h1-15H/i15D. The average Bonchev–Trinajstić information content (AvgIpc) is 2.97. The van der Waals surface area contributed by atoms with Gasteiger partial charge >= 0.3 is 0 Å². The monoisotopic (exact) mass is 294 g/mol. The van der Waals surface area contributed by atoms with Crippen LogP contribution < -0.4 is 0 Å². The smallest absolute Gasteiger partial charge is 0.0651 e. The van der Waals surface area contributed by atoms with Crippen LogP contribution in [0.3, 0.4) is 0 Å². The van der Waals surface area contributed by atoms with E-state index in [1.807, 2.05) is 18.2 Å². The molecule has 0 unspecified atom stereocenters. The minimum atomic E-state index is 0.569. The number of hydrogen-bond acceptors (Lipinski definition) is 0. The zero-order valence-corrected chi connectivity index (χ0v) is 12.5. The van der Waals surface area contributed by atoms with Gasteiger partial charge in [0.15, 0.2) is 0 Å². The van der Waals surface area contributed by atoms with E-state index in [1.54, 1.807) is 0 Å². The third-order valence-corrected chi connectivity index (χ3v) is 4.47. The van der Waals surface area contributed by atoms with Gasteiger partial charge < -0.3 is 4.57 Å². The molecule has 0 aliphatic rings. The molecule has 23 heavy (non-hydrogen) atoms. The number of fused-ring (bicyclic) bond motifs is 4. The number of nitrogens with zero attached hydrogens (tertiary/aromatic N) is 1. The first-order valence-electron chi connectivity index (χ1n) is 8.31. The fourth-order valence-corrected chi connectivity index (χ4v) is 3.42. The lowest BCUT2D eigenvalue weighted by atomic mass is 10.1. The van der Waals surface area contributed by atoms with Gasteiger partial charge in [0.25, 0.3) is 0 Å². The van der Waals surface area contributed by atoms with E-state index in [-0.39, 0.29) is 0 Å². The van der Waals surface area contributed by atoms with Gasteiger partial charge in [-0.05, 0) is 35.0 Å². The molecule has 4 aromatic carbocycles. The molecule has 0 aliphatic heterocycles. The summed E-state index contributed by atoms with van der Waals surface area (Å²) in [4.78, 5) is 0. The Morgan fingerprint density at radius 3 is 1.83 bits per heavy atom. The summed E-state index contributed by atoms with van der Waals surface area (Å²) in [5.41, 5.74) is 3.20. The van der Waals surface area contributed by atoms with Crippen LogP contribution >= 0.6 is 0 Å². The number of benzene rings is 4. The second-order valence-electron chi connectivity index (χ2n) is 5.80. The molecular weight excluding hydrogens is 278 g/mol. The topological polar surface area (TPSA) is 4.93 Å². The largest absolute Gasteiger partial charge is 0.309 e. The van der Waals surface area contributed by atoms with E-state index >= 15 is 0 Å². The Bertz CT molecular complexity index is 1160. The summed E-state index contributed by atoms with van der Waals surface area (Å²) in [6.45, 7) is 0. The highest BCUT2D eigenvalue weighted by molar-refractivity contribution is 6.09. The van der Waals surface area contributed by atoms with Crippen molar-refractivity contribution in [3.8, 4) is 5.69 Å². The highest BCUT2D eigenvalue weighted by atomic mass is 15.0. The van der Waals surface area contributed by atoms with Crippen molar-refractivity contribution in [3.63, 3.8) is 0 Å². The summed E-state index contributed by atoms with van der Waals surface area (Å²) in [7, 11) is 0. The molecule has 108 valence electrons. The van der Waals surface area contributed by atoms with Crippen LogP contribution in [0.4, 0.5) is 0 Å². The molecule has 1 aromatic heterocycles. The minimum Gasteiger partial charge on any atom is -0.309 e. The van der Waals surface area contributed by atoms with Crippen LogP contribution in [0.2, 0.25) is 0 Å². The molecule has 0 aliphatic carbocycles. The summed E-state index contributed by atoms with van der Waals surface area (Å²) in [6.07, 6.45) is 0. The molecule has 5 aromatic rings. The second kappa shape index (κ2) is 4.72. The molecular formula is C22H15N. The molecule has 0 spiro atoms. The molecule has 0 radical (unpaired) electrons. The van der Waals surface area contributed by atoms with Crippen LogP contribution in [0, 0.1) is 0 Å². The van der Waals surface area contributed by atoms with Crippen molar-refractivity contribution in [2.24, 2.45) is 0 Å². The van der Waals surface area contributed by atoms with E-state index in [9.17, 15) is 0 Å². The highest BCUT2D eigenvalue weighted by Crippen LogP contribution is 2.32. The van der Waals surface area contributed by atoms with Crippen LogP contribution in [0.25, 0.3) is 38.3 Å². The van der Waals surface area contributed by atoms with Crippen LogP contribution in [-0.2, 0) is 0 Å². The zero-order chi connectivity index (χ0) is 16.1. The fraction of sp³-hybridized carbons (Fsp3) is 0. The van der Waals surface area contributed by atoms with E-state index in [1.165, 1.54) is 10.8 Å². The van der Waals surface area contributed by atoms with Crippen molar-refractivity contribution in [3.05, 3.63) is 91.0 Å². The Labute approximate surface area is 135 Å². The molecule has 5 rings (SSSR count). The number of aromatic nitrogens is 1. The molecule has 1 nitrogen and oxygen atoms in total. The van der Waals surface area contributed by atoms with Crippen molar-refractivity contribution in [1.29, 1.82) is 0 Å². The van der Waals surface area contributed by atoms with E-state index < -0.39 is 0 Å². The first-order chi connectivity index (χ1) is 11.8. The van der Waals surface area contributed by atoms with Crippen LogP contribution in [0.15, 0.2) is 91.0 Å². The van der Waals surface area contributed by atoms with Gasteiger partial charge in [-0.3, -0.25) is 0 Å². The Morgan fingerprint density at radius 2 is 1.13 bits per heavy atom. The van der Waals surface area contributed by atoms with Crippen LogP contribution in [0.1, 0.15) is 1.37 Å². The second-order valence-corrected chi connectivity index (χ2v) is 5.80. The van der Waals surface area contributed by atoms with Crippen LogP contribution in [-0.4, -0.2) is 4.57 Å². The maximum absolute atomic E-state index is 8.75. The normalized spacial score (nSPS) is 12.1. The van der Waals surface area contributed by atoms with Crippen molar-refractivity contribution in [2.45, 2.75) is 0 Å². The summed E-state index contributed by atoms with van der Waals surface area (Å²) in [6, 6.07) is 29.6. The molecule has 1 heteroatoms. The van der Waals surface area contributed by atoms with Crippen molar-refractivity contribution < 1.29 is 1.37 Å². The van der Waals surface area contributed by atoms with Crippen molar-refractivity contribution in [1.82, 2.24) is 4.57 Å². The van der Waals surface area contributed by atoms with Crippen LogP contribution in [0.5, 0.6) is 0 Å². The van der Waals surface area contributed by atoms with Gasteiger partial charge in [-0.25, -0.2) is 0 Å². The van der Waals surface area contributed by atoms with Gasteiger partial charge in [0.05, 0.1) is 12.4 Å². The van der Waals surface area contributed by atoms with E-state index in [4.69, 9.17) is 1.37 Å². The van der Waals surface area contributed by atoms with Gasteiger partial charge in [0.2, 0.25) is 0 Å². The molecule has 0 saturated carbocycles. The fourth-order valence-electron chi connectivity index (χ4n) is 3.42. The van der Waals surface area contributed by atoms with Gasteiger partial charge in [0, 0.05) is 16.5 Å². The maximum atomic E-state index is 8.75. The van der Waals surface area contributed by atoms with Gasteiger partial charge in [-0.1, -0.05) is 66.7 Å². The van der Waals surface area contributed by atoms with Crippen molar-refractivity contribution in [2.75, 3.05) is 0 Å². The van der Waals surface area contributed by atoms with E-state index in [0.29, 0.717) is 6.04 Å². The molecule has 0 bridgehead atoms. The molecule has 0 N–H and O–H groups in total. The third-order valence-electron chi connectivity index (χ3n) is 4.47. The lowest BCUT2D eigenvalue weighted by Gasteiger charge is -2.09. The SMILES string of the molecule is [2H]c1c(-n2c3ccccc3c3ccccc32)ccc2ccccc12. The first-order valence-corrected chi connectivity index (χ1v) is 7.81. The quantitative estimate of drug-likeness (QED) is 0.361. The Hall–Kier alpha value is -3.06. The summed E-state index contributed by atoms with van der Waals surface area (Å²) >= 11 is 0. The summed E-state index contributed by atoms with van der Waals surface area (Å²) in [5, 5.41) is 4.53. The summed E-state index contributed by atoms with van der Waals surface area (Å²) < 4.78 is 11.0. The predicted molar refractivity (Wildman–Crippen MR) is 98.3 cm³/mol. The Kier molecular flexibility index (Phi) is 2.36. The van der Waals surface area contributed by atoms with Gasteiger partial charge in [-0.15, -0.1) is 0 Å². The predicted octanol–water partition coefficient (Wildman–Crippen LogP) is 5.94. The highest BCUT2D eigenvalue weighted by Gasteiger charge is 2.11. The Morgan fingerprint density at radius 1 is 0.565 bits per heavy atom. The molecule has 0 amide bonds. The molecule has 0 atom stereocenters. The average molecular weight is 294 g/mol. The molecule has 1 heterocycles. The summed E-state index contributed by atoms with van der Waals surface area (Å²) in [5.74, 6) is 0. The van der Waals surface area contributed by atoms with E-state index in [2.05, 4.69) is 71.3 Å². The number of hydrogen-bond donors (Lipinski definition) is 0.